The molecule has 5 aromatic rings. The molecule has 0 radical (unpaired) electrons. The number of hydrogen-bond donors (Lipinski definition) is 1. The van der Waals surface area contributed by atoms with Crippen molar-refractivity contribution in [3.8, 4) is 22.1 Å². The van der Waals surface area contributed by atoms with E-state index < -0.39 is 5.63 Å². The van der Waals surface area contributed by atoms with E-state index in [-0.39, 0.29) is 0 Å². The Hall–Kier alpha value is -3.68. The molecule has 31 heavy (non-hydrogen) atoms. The maximum absolute atomic E-state index is 12.4. The van der Waals surface area contributed by atoms with Crippen LogP contribution < -0.4 is 15.7 Å². The van der Waals surface area contributed by atoms with Gasteiger partial charge in [0.25, 0.3) is 0 Å². The van der Waals surface area contributed by atoms with E-state index in [9.17, 15) is 4.79 Å². The van der Waals surface area contributed by atoms with Crippen LogP contribution in [0.1, 0.15) is 0 Å². The van der Waals surface area contributed by atoms with E-state index >= 15 is 0 Å². The van der Waals surface area contributed by atoms with Crippen molar-refractivity contribution < 1.29 is 9.15 Å². The third-order valence-electron chi connectivity index (χ3n) is 4.43. The van der Waals surface area contributed by atoms with Crippen LogP contribution in [0.15, 0.2) is 88.1 Å². The summed E-state index contributed by atoms with van der Waals surface area (Å²) in [5.41, 5.74) is 1.16. The Morgan fingerprint density at radius 1 is 0.903 bits per heavy atom. The third-order valence-corrected chi connectivity index (χ3v) is 5.54. The number of fused-ring (bicyclic) bond motifs is 1. The zero-order chi connectivity index (χ0) is 21.2. The molecule has 2 aromatic heterocycles. The van der Waals surface area contributed by atoms with Crippen molar-refractivity contribution in [1.82, 2.24) is 10.2 Å². The fraction of sp³-hybridized carbons (Fsp3) is 0. The summed E-state index contributed by atoms with van der Waals surface area (Å²) in [5.74, 6) is 1.50. The zero-order valence-corrected chi connectivity index (χ0v) is 17.5. The quantitative estimate of drug-likeness (QED) is 0.310. The minimum Gasteiger partial charge on any atom is -0.457 e. The molecule has 6 nitrogen and oxygen atoms in total. The molecular weight excluding hydrogens is 434 g/mol. The molecule has 0 saturated carbocycles. The lowest BCUT2D eigenvalue weighted by Crippen LogP contribution is -2.02. The normalized spacial score (nSPS) is 10.9. The zero-order valence-electron chi connectivity index (χ0n) is 15.9. The number of nitrogens with one attached hydrogen (secondary N) is 1. The van der Waals surface area contributed by atoms with Gasteiger partial charge < -0.3 is 14.5 Å². The van der Waals surface area contributed by atoms with Gasteiger partial charge in [-0.15, -0.1) is 10.2 Å². The van der Waals surface area contributed by atoms with Crippen LogP contribution in [0.3, 0.4) is 0 Å². The minimum absolute atomic E-state index is 0.340. The molecule has 3 aromatic carbocycles. The van der Waals surface area contributed by atoms with E-state index in [4.69, 9.17) is 20.8 Å². The number of benzene rings is 3. The second-order valence-corrected chi connectivity index (χ2v) is 8.02. The second-order valence-electron chi connectivity index (χ2n) is 6.61. The van der Waals surface area contributed by atoms with Crippen LogP contribution in [0.4, 0.5) is 10.8 Å². The van der Waals surface area contributed by atoms with Crippen LogP contribution in [0.5, 0.6) is 11.5 Å². The fourth-order valence-electron chi connectivity index (χ4n) is 2.98. The molecule has 0 saturated heterocycles. The Labute approximate surface area is 185 Å². The second kappa shape index (κ2) is 8.22. The Balaban J connectivity index is 1.35. The van der Waals surface area contributed by atoms with Gasteiger partial charge in [-0.25, -0.2) is 4.79 Å². The summed E-state index contributed by atoms with van der Waals surface area (Å²) in [6.07, 6.45) is 0. The predicted molar refractivity (Wildman–Crippen MR) is 123 cm³/mol. The Morgan fingerprint density at radius 3 is 2.48 bits per heavy atom. The van der Waals surface area contributed by atoms with Crippen molar-refractivity contribution in [3.63, 3.8) is 0 Å². The van der Waals surface area contributed by atoms with Crippen molar-refractivity contribution in [1.29, 1.82) is 0 Å². The van der Waals surface area contributed by atoms with E-state index in [1.165, 1.54) is 11.3 Å². The molecule has 0 amide bonds. The topological polar surface area (TPSA) is 77.2 Å². The molecule has 0 spiro atoms. The predicted octanol–water partition coefficient (Wildman–Crippen LogP) is 6.50. The number of anilines is 2. The molecule has 0 aliphatic rings. The largest absolute Gasteiger partial charge is 0.457 e. The van der Waals surface area contributed by atoms with E-state index in [0.29, 0.717) is 26.3 Å². The number of para-hydroxylation sites is 1. The van der Waals surface area contributed by atoms with Crippen LogP contribution in [0, 0.1) is 0 Å². The Bertz CT molecular complexity index is 1420. The first-order chi connectivity index (χ1) is 15.1. The number of hydrogen-bond acceptors (Lipinski definition) is 7. The molecule has 8 heteroatoms. The molecule has 0 aliphatic heterocycles. The molecule has 1 N–H and O–H groups in total. The van der Waals surface area contributed by atoms with Crippen molar-refractivity contribution in [2.24, 2.45) is 0 Å². The molecule has 0 aliphatic carbocycles. The number of rotatable bonds is 5. The summed E-state index contributed by atoms with van der Waals surface area (Å²) in [6, 6.07) is 23.8. The van der Waals surface area contributed by atoms with Gasteiger partial charge in [-0.3, -0.25) is 0 Å². The smallest absolute Gasteiger partial charge is 0.346 e. The lowest BCUT2D eigenvalue weighted by atomic mass is 10.2. The SMILES string of the molecule is O=c1oc2ccc(Cl)cc2cc1-c1nnc(Nc2ccc(Oc3ccccc3)cc2)s1. The first-order valence-electron chi connectivity index (χ1n) is 9.31. The number of nitrogens with zero attached hydrogens (tertiary/aromatic N) is 2. The third kappa shape index (κ3) is 4.28. The van der Waals surface area contributed by atoms with Gasteiger partial charge in [-0.1, -0.05) is 41.1 Å². The first-order valence-corrected chi connectivity index (χ1v) is 10.5. The van der Waals surface area contributed by atoms with Crippen molar-refractivity contribution in [2.75, 3.05) is 5.32 Å². The highest BCUT2D eigenvalue weighted by molar-refractivity contribution is 7.18. The molecule has 5 rings (SSSR count). The highest BCUT2D eigenvalue weighted by atomic mass is 35.5. The lowest BCUT2D eigenvalue weighted by Gasteiger charge is -2.06. The summed E-state index contributed by atoms with van der Waals surface area (Å²) in [5, 5.41) is 13.8. The minimum atomic E-state index is -0.472. The van der Waals surface area contributed by atoms with Gasteiger partial charge in [0, 0.05) is 16.1 Å². The van der Waals surface area contributed by atoms with Crippen LogP contribution in [0.2, 0.25) is 5.02 Å². The lowest BCUT2D eigenvalue weighted by molar-refractivity contribution is 0.483. The standard InChI is InChI=1S/C23H14ClN3O3S/c24-15-6-11-20-14(12-15)13-19(22(28)30-20)21-26-27-23(31-21)25-16-7-9-18(10-8-16)29-17-4-2-1-3-5-17/h1-13H,(H,25,27). The molecule has 0 bridgehead atoms. The fourth-order valence-corrected chi connectivity index (χ4v) is 3.93. The van der Waals surface area contributed by atoms with Gasteiger partial charge in [-0.05, 0) is 60.7 Å². The van der Waals surface area contributed by atoms with Crippen LogP contribution in [0.25, 0.3) is 21.5 Å². The van der Waals surface area contributed by atoms with Crippen LogP contribution >= 0.6 is 22.9 Å². The van der Waals surface area contributed by atoms with Gasteiger partial charge in [0.05, 0.1) is 5.56 Å². The Morgan fingerprint density at radius 2 is 1.68 bits per heavy atom. The van der Waals surface area contributed by atoms with E-state index in [1.54, 1.807) is 24.3 Å². The highest BCUT2D eigenvalue weighted by Crippen LogP contribution is 2.30. The average Bonchev–Trinajstić information content (AvgIpc) is 3.24. The maximum atomic E-state index is 12.4. The number of aromatic nitrogens is 2. The Kier molecular flexibility index (Phi) is 5.11. The summed E-state index contributed by atoms with van der Waals surface area (Å²) in [4.78, 5) is 12.4. The molecule has 0 unspecified atom stereocenters. The van der Waals surface area contributed by atoms with E-state index in [1.807, 2.05) is 54.6 Å². The van der Waals surface area contributed by atoms with Crippen LogP contribution in [-0.2, 0) is 0 Å². The van der Waals surface area contributed by atoms with Crippen molar-refractivity contribution in [2.45, 2.75) is 0 Å². The molecule has 0 fully saturated rings. The summed E-state index contributed by atoms with van der Waals surface area (Å²) >= 11 is 7.30. The monoisotopic (exact) mass is 447 g/mol. The maximum Gasteiger partial charge on any atom is 0.346 e. The van der Waals surface area contributed by atoms with E-state index in [0.717, 1.165) is 22.6 Å². The summed E-state index contributed by atoms with van der Waals surface area (Å²) < 4.78 is 11.2. The van der Waals surface area contributed by atoms with Gasteiger partial charge in [0.15, 0.2) is 5.01 Å². The summed E-state index contributed by atoms with van der Waals surface area (Å²) in [7, 11) is 0. The molecule has 152 valence electrons. The average molecular weight is 448 g/mol. The van der Waals surface area contributed by atoms with Gasteiger partial charge in [0.1, 0.15) is 17.1 Å². The molecule has 2 heterocycles. The molecule has 0 atom stereocenters. The summed E-state index contributed by atoms with van der Waals surface area (Å²) in [6.45, 7) is 0. The van der Waals surface area contributed by atoms with Crippen molar-refractivity contribution in [3.05, 3.63) is 94.3 Å². The van der Waals surface area contributed by atoms with Gasteiger partial charge in [0.2, 0.25) is 5.13 Å². The van der Waals surface area contributed by atoms with E-state index in [2.05, 4.69) is 15.5 Å². The highest BCUT2D eigenvalue weighted by Gasteiger charge is 2.14. The van der Waals surface area contributed by atoms with Gasteiger partial charge >= 0.3 is 5.63 Å². The van der Waals surface area contributed by atoms with Crippen LogP contribution in [-0.4, -0.2) is 10.2 Å². The first kappa shape index (κ1) is 19.3. The van der Waals surface area contributed by atoms with Gasteiger partial charge in [-0.2, -0.15) is 0 Å². The number of ether oxygens (including phenoxy) is 1. The number of halogens is 1. The molecular formula is C23H14ClN3O3S. The van der Waals surface area contributed by atoms with Crippen molar-refractivity contribution >= 4 is 44.7 Å².